The lowest BCUT2D eigenvalue weighted by atomic mass is 9.96. The molecular weight excluding hydrogens is 267 g/mol. The van der Waals surface area contributed by atoms with Gasteiger partial charge in [0, 0.05) is 29.2 Å². The number of hydrogen-bond donors (Lipinski definition) is 1. The largest absolute Gasteiger partial charge is 0.329 e. The van der Waals surface area contributed by atoms with Crippen molar-refractivity contribution in [2.24, 2.45) is 11.7 Å². The minimum absolute atomic E-state index is 0.206. The zero-order valence-corrected chi connectivity index (χ0v) is 12.2. The predicted molar refractivity (Wildman–Crippen MR) is 78.2 cm³/mol. The molecule has 0 bridgehead atoms. The minimum Gasteiger partial charge on any atom is -0.329 e. The monoisotopic (exact) mass is 286 g/mol. The van der Waals surface area contributed by atoms with Crippen LogP contribution in [0.15, 0.2) is 18.2 Å². The summed E-state index contributed by atoms with van der Waals surface area (Å²) in [5.41, 5.74) is 7.05. The number of nitrogens with two attached hydrogens (primary N) is 1. The zero-order valence-electron chi connectivity index (χ0n) is 10.7. The van der Waals surface area contributed by atoms with Crippen molar-refractivity contribution >= 4 is 23.2 Å². The van der Waals surface area contributed by atoms with E-state index in [0.717, 1.165) is 29.6 Å². The highest BCUT2D eigenvalue weighted by Gasteiger charge is 2.25. The van der Waals surface area contributed by atoms with Crippen molar-refractivity contribution in [3.8, 4) is 0 Å². The Labute approximate surface area is 119 Å². The molecule has 1 aliphatic rings. The molecule has 0 amide bonds. The average molecular weight is 287 g/mol. The standard InChI is InChI=1S/C14H20Cl2N2/c1-10-3-2-6-18(9-10)14(8-17)12-5-4-11(15)7-13(12)16/h4-5,7,10,14H,2-3,6,8-9,17H2,1H3/t10-,14-/m0/s1. The Balaban J connectivity index is 2.21. The van der Waals surface area contributed by atoms with Crippen molar-refractivity contribution in [3.05, 3.63) is 33.8 Å². The Hall–Kier alpha value is -0.280. The number of halogens is 2. The molecule has 18 heavy (non-hydrogen) atoms. The molecule has 1 aliphatic heterocycles. The van der Waals surface area contributed by atoms with Crippen molar-refractivity contribution < 1.29 is 0 Å². The number of benzene rings is 1. The van der Waals surface area contributed by atoms with Crippen LogP contribution in [0.1, 0.15) is 31.4 Å². The van der Waals surface area contributed by atoms with Crippen molar-refractivity contribution in [1.82, 2.24) is 4.90 Å². The highest BCUT2D eigenvalue weighted by molar-refractivity contribution is 6.35. The van der Waals surface area contributed by atoms with Gasteiger partial charge < -0.3 is 5.73 Å². The van der Waals surface area contributed by atoms with E-state index in [1.165, 1.54) is 12.8 Å². The summed E-state index contributed by atoms with van der Waals surface area (Å²) >= 11 is 12.2. The first-order valence-corrected chi connectivity index (χ1v) is 7.26. The molecule has 1 heterocycles. The van der Waals surface area contributed by atoms with Crippen molar-refractivity contribution in [3.63, 3.8) is 0 Å². The van der Waals surface area contributed by atoms with Gasteiger partial charge in [-0.15, -0.1) is 0 Å². The van der Waals surface area contributed by atoms with Gasteiger partial charge in [0.15, 0.2) is 0 Å². The van der Waals surface area contributed by atoms with Crippen LogP contribution in [-0.2, 0) is 0 Å². The molecular formula is C14H20Cl2N2. The second-order valence-electron chi connectivity index (χ2n) is 5.16. The second kappa shape index (κ2) is 6.25. The zero-order chi connectivity index (χ0) is 13.1. The summed E-state index contributed by atoms with van der Waals surface area (Å²) in [5.74, 6) is 0.735. The first kappa shape index (κ1) is 14.1. The van der Waals surface area contributed by atoms with E-state index in [9.17, 15) is 0 Å². The summed E-state index contributed by atoms with van der Waals surface area (Å²) in [4.78, 5) is 2.45. The van der Waals surface area contributed by atoms with E-state index in [4.69, 9.17) is 28.9 Å². The molecule has 2 atom stereocenters. The van der Waals surface area contributed by atoms with Gasteiger partial charge in [0.2, 0.25) is 0 Å². The molecule has 1 aromatic carbocycles. The third-order valence-electron chi connectivity index (χ3n) is 3.67. The van der Waals surface area contributed by atoms with E-state index in [-0.39, 0.29) is 6.04 Å². The number of likely N-dealkylation sites (tertiary alicyclic amines) is 1. The Morgan fingerprint density at radius 3 is 2.83 bits per heavy atom. The summed E-state index contributed by atoms with van der Waals surface area (Å²) in [6, 6.07) is 5.90. The Bertz CT molecular complexity index is 409. The second-order valence-corrected chi connectivity index (χ2v) is 6.00. The highest BCUT2D eigenvalue weighted by atomic mass is 35.5. The third kappa shape index (κ3) is 3.18. The summed E-state index contributed by atoms with van der Waals surface area (Å²) in [5, 5.41) is 1.39. The molecule has 100 valence electrons. The van der Waals surface area contributed by atoms with Gasteiger partial charge in [-0.1, -0.05) is 36.2 Å². The molecule has 2 rings (SSSR count). The topological polar surface area (TPSA) is 29.3 Å². The number of piperidine rings is 1. The molecule has 0 aromatic heterocycles. The fourth-order valence-electron chi connectivity index (χ4n) is 2.75. The van der Waals surface area contributed by atoms with Gasteiger partial charge in [-0.05, 0) is 43.0 Å². The van der Waals surface area contributed by atoms with E-state index < -0.39 is 0 Å². The lowest BCUT2D eigenvalue weighted by Gasteiger charge is -2.37. The smallest absolute Gasteiger partial charge is 0.0485 e. The number of rotatable bonds is 3. The summed E-state index contributed by atoms with van der Waals surface area (Å²) < 4.78 is 0. The van der Waals surface area contributed by atoms with Gasteiger partial charge in [-0.3, -0.25) is 4.90 Å². The fourth-order valence-corrected chi connectivity index (χ4v) is 3.29. The van der Waals surface area contributed by atoms with Crippen LogP contribution in [0.5, 0.6) is 0 Å². The van der Waals surface area contributed by atoms with Gasteiger partial charge in [0.1, 0.15) is 0 Å². The maximum absolute atomic E-state index is 6.29. The van der Waals surface area contributed by atoms with E-state index in [1.54, 1.807) is 6.07 Å². The maximum atomic E-state index is 6.29. The molecule has 0 aliphatic carbocycles. The lowest BCUT2D eigenvalue weighted by Crippen LogP contribution is -2.40. The molecule has 2 N–H and O–H groups in total. The van der Waals surface area contributed by atoms with Crippen LogP contribution in [0.2, 0.25) is 10.0 Å². The van der Waals surface area contributed by atoms with Crippen molar-refractivity contribution in [2.45, 2.75) is 25.8 Å². The van der Waals surface area contributed by atoms with Gasteiger partial charge in [-0.25, -0.2) is 0 Å². The lowest BCUT2D eigenvalue weighted by molar-refractivity contribution is 0.133. The van der Waals surface area contributed by atoms with Gasteiger partial charge in [0.25, 0.3) is 0 Å². The molecule has 0 unspecified atom stereocenters. The first-order chi connectivity index (χ1) is 8.61. The van der Waals surface area contributed by atoms with Crippen LogP contribution < -0.4 is 5.73 Å². The van der Waals surface area contributed by atoms with Crippen molar-refractivity contribution in [1.29, 1.82) is 0 Å². The Morgan fingerprint density at radius 2 is 2.22 bits per heavy atom. The van der Waals surface area contributed by atoms with Crippen LogP contribution in [-0.4, -0.2) is 24.5 Å². The number of nitrogens with zero attached hydrogens (tertiary/aromatic N) is 1. The highest BCUT2D eigenvalue weighted by Crippen LogP contribution is 2.31. The van der Waals surface area contributed by atoms with Crippen LogP contribution >= 0.6 is 23.2 Å². The molecule has 0 radical (unpaired) electrons. The van der Waals surface area contributed by atoms with E-state index in [0.29, 0.717) is 11.6 Å². The van der Waals surface area contributed by atoms with E-state index in [1.807, 2.05) is 12.1 Å². The van der Waals surface area contributed by atoms with Crippen LogP contribution in [0.25, 0.3) is 0 Å². The average Bonchev–Trinajstić information content (AvgIpc) is 2.33. The molecule has 1 aromatic rings. The maximum Gasteiger partial charge on any atom is 0.0485 e. The van der Waals surface area contributed by atoms with Gasteiger partial charge in [-0.2, -0.15) is 0 Å². The number of hydrogen-bond acceptors (Lipinski definition) is 2. The molecule has 1 fully saturated rings. The molecule has 4 heteroatoms. The first-order valence-electron chi connectivity index (χ1n) is 6.51. The normalized spacial score (nSPS) is 23.0. The Morgan fingerprint density at radius 1 is 1.44 bits per heavy atom. The fraction of sp³-hybridized carbons (Fsp3) is 0.571. The summed E-state index contributed by atoms with van der Waals surface area (Å²) in [6.07, 6.45) is 2.55. The quantitative estimate of drug-likeness (QED) is 0.918. The summed E-state index contributed by atoms with van der Waals surface area (Å²) in [7, 11) is 0. The SMILES string of the molecule is C[C@H]1CCCN([C@@H](CN)c2ccc(Cl)cc2Cl)C1. The third-order valence-corrected chi connectivity index (χ3v) is 4.24. The van der Waals surface area contributed by atoms with E-state index >= 15 is 0 Å². The van der Waals surface area contributed by atoms with Crippen LogP contribution in [0.4, 0.5) is 0 Å². The van der Waals surface area contributed by atoms with Crippen molar-refractivity contribution in [2.75, 3.05) is 19.6 Å². The molecule has 2 nitrogen and oxygen atoms in total. The van der Waals surface area contributed by atoms with Gasteiger partial charge in [0.05, 0.1) is 0 Å². The predicted octanol–water partition coefficient (Wildman–Crippen LogP) is 3.73. The van der Waals surface area contributed by atoms with E-state index in [2.05, 4.69) is 11.8 Å². The van der Waals surface area contributed by atoms with Gasteiger partial charge >= 0.3 is 0 Å². The van der Waals surface area contributed by atoms with Crippen LogP contribution in [0, 0.1) is 5.92 Å². The Kier molecular flexibility index (Phi) is 4.91. The molecule has 0 saturated carbocycles. The molecule has 1 saturated heterocycles. The minimum atomic E-state index is 0.206. The van der Waals surface area contributed by atoms with Crippen LogP contribution in [0.3, 0.4) is 0 Å². The summed E-state index contributed by atoms with van der Waals surface area (Å²) in [6.45, 7) is 5.09. The molecule has 0 spiro atoms.